The Bertz CT molecular complexity index is 1210. The molecule has 0 saturated heterocycles. The van der Waals surface area contributed by atoms with E-state index in [1.54, 1.807) is 0 Å². The van der Waals surface area contributed by atoms with Gasteiger partial charge in [0.1, 0.15) is 4.90 Å². The Morgan fingerprint density at radius 2 is 1.10 bits per heavy atom. The number of aromatic hydroxyl groups is 6. The molecular formula is C19H14O9S. The fourth-order valence-corrected chi connectivity index (χ4v) is 4.88. The fraction of sp³-hybridized carbons (Fsp3) is 0.0526. The Balaban J connectivity index is 2.21. The zero-order valence-corrected chi connectivity index (χ0v) is 15.3. The van der Waals surface area contributed by atoms with E-state index in [-0.39, 0.29) is 21.6 Å². The van der Waals surface area contributed by atoms with Crippen molar-refractivity contribution in [1.29, 1.82) is 0 Å². The van der Waals surface area contributed by atoms with Crippen molar-refractivity contribution in [2.24, 2.45) is 0 Å². The van der Waals surface area contributed by atoms with E-state index in [4.69, 9.17) is 4.18 Å². The maximum Gasteiger partial charge on any atom is 0.298 e. The molecule has 3 aromatic carbocycles. The first-order valence-corrected chi connectivity index (χ1v) is 9.56. The van der Waals surface area contributed by atoms with Crippen LogP contribution in [0.5, 0.6) is 34.5 Å². The number of phenols is 6. The topological polar surface area (TPSA) is 165 Å². The summed E-state index contributed by atoms with van der Waals surface area (Å²) in [4.78, 5) is -0.265. The Hall–Kier alpha value is -3.63. The molecule has 1 aliphatic heterocycles. The highest BCUT2D eigenvalue weighted by molar-refractivity contribution is 7.87. The van der Waals surface area contributed by atoms with E-state index in [9.17, 15) is 39.1 Å². The van der Waals surface area contributed by atoms with Gasteiger partial charge in [0.25, 0.3) is 10.1 Å². The maximum atomic E-state index is 12.7. The highest BCUT2D eigenvalue weighted by Crippen LogP contribution is 2.58. The van der Waals surface area contributed by atoms with Crippen molar-refractivity contribution in [3.05, 3.63) is 65.2 Å². The molecule has 29 heavy (non-hydrogen) atoms. The minimum Gasteiger partial charge on any atom is -0.504 e. The number of phenolic OH excluding ortho intramolecular Hbond substituents is 6. The van der Waals surface area contributed by atoms with Crippen LogP contribution in [-0.4, -0.2) is 39.1 Å². The van der Waals surface area contributed by atoms with Crippen molar-refractivity contribution >= 4 is 10.1 Å². The Morgan fingerprint density at radius 1 is 0.621 bits per heavy atom. The van der Waals surface area contributed by atoms with Gasteiger partial charge in [0.15, 0.2) is 28.6 Å². The Kier molecular flexibility index (Phi) is 3.83. The zero-order valence-electron chi connectivity index (χ0n) is 14.4. The standard InChI is InChI=1S/C19H14O9S/c20-12-7-5-10(15(22)17(12)24)19(11-6-8-13(21)18(25)16(11)23)9-3-1-2-4-14(9)29(26,27)28-19/h1-8,20-25H. The lowest BCUT2D eigenvalue weighted by Crippen LogP contribution is -2.29. The van der Waals surface area contributed by atoms with Crippen LogP contribution in [-0.2, 0) is 19.9 Å². The van der Waals surface area contributed by atoms with E-state index < -0.39 is 50.2 Å². The molecule has 0 bridgehead atoms. The molecule has 150 valence electrons. The van der Waals surface area contributed by atoms with E-state index in [1.165, 1.54) is 24.3 Å². The van der Waals surface area contributed by atoms with E-state index in [1.807, 2.05) is 0 Å². The lowest BCUT2D eigenvalue weighted by atomic mass is 9.79. The minimum absolute atomic E-state index is 0.0271. The summed E-state index contributed by atoms with van der Waals surface area (Å²) in [6.07, 6.45) is 0. The summed E-state index contributed by atoms with van der Waals surface area (Å²) >= 11 is 0. The molecule has 0 radical (unpaired) electrons. The van der Waals surface area contributed by atoms with E-state index in [0.29, 0.717) is 0 Å². The van der Waals surface area contributed by atoms with Crippen LogP contribution in [0, 0.1) is 0 Å². The maximum absolute atomic E-state index is 12.7. The van der Waals surface area contributed by atoms with E-state index >= 15 is 0 Å². The lowest BCUT2D eigenvalue weighted by Gasteiger charge is -2.30. The monoisotopic (exact) mass is 418 g/mol. The number of hydrogen-bond donors (Lipinski definition) is 6. The SMILES string of the molecule is O=S1(=O)OC(c2ccc(O)c(O)c2O)(c2ccc(O)c(O)c2O)c2ccccc21. The van der Waals surface area contributed by atoms with Crippen LogP contribution in [0.1, 0.15) is 16.7 Å². The molecule has 6 N–H and O–H groups in total. The summed E-state index contributed by atoms with van der Waals surface area (Å²) < 4.78 is 30.9. The predicted molar refractivity (Wildman–Crippen MR) is 97.5 cm³/mol. The van der Waals surface area contributed by atoms with Gasteiger partial charge in [-0.15, -0.1) is 0 Å². The van der Waals surface area contributed by atoms with Crippen molar-refractivity contribution < 1.29 is 43.2 Å². The summed E-state index contributed by atoms with van der Waals surface area (Å²) in [6.45, 7) is 0. The fourth-order valence-electron chi connectivity index (χ4n) is 3.46. The summed E-state index contributed by atoms with van der Waals surface area (Å²) in [7, 11) is -4.40. The quantitative estimate of drug-likeness (QED) is 0.269. The lowest BCUT2D eigenvalue weighted by molar-refractivity contribution is 0.169. The number of fused-ring (bicyclic) bond motifs is 1. The molecule has 0 spiro atoms. The van der Waals surface area contributed by atoms with Gasteiger partial charge in [0.2, 0.25) is 11.5 Å². The van der Waals surface area contributed by atoms with Crippen molar-refractivity contribution in [3.8, 4) is 34.5 Å². The first kappa shape index (κ1) is 18.7. The van der Waals surface area contributed by atoms with Gasteiger partial charge in [-0.05, 0) is 30.3 Å². The van der Waals surface area contributed by atoms with Crippen molar-refractivity contribution in [2.75, 3.05) is 0 Å². The number of hydrogen-bond acceptors (Lipinski definition) is 9. The highest BCUT2D eigenvalue weighted by atomic mass is 32.2. The molecule has 0 atom stereocenters. The van der Waals surface area contributed by atoms with Crippen molar-refractivity contribution in [1.82, 2.24) is 0 Å². The molecule has 9 nitrogen and oxygen atoms in total. The average molecular weight is 418 g/mol. The van der Waals surface area contributed by atoms with Gasteiger partial charge >= 0.3 is 0 Å². The molecule has 0 aliphatic carbocycles. The third-order valence-corrected chi connectivity index (χ3v) is 6.15. The van der Waals surface area contributed by atoms with Crippen LogP contribution in [0.3, 0.4) is 0 Å². The summed E-state index contributed by atoms with van der Waals surface area (Å²) in [5, 5.41) is 60.3. The van der Waals surface area contributed by atoms with Crippen molar-refractivity contribution in [2.45, 2.75) is 10.5 Å². The largest absolute Gasteiger partial charge is 0.504 e. The Labute approximate surface area is 164 Å². The molecule has 10 heteroatoms. The molecule has 0 saturated carbocycles. The summed E-state index contributed by atoms with van der Waals surface area (Å²) in [5.74, 6) is -5.01. The molecule has 1 aliphatic rings. The van der Waals surface area contributed by atoms with E-state index in [0.717, 1.165) is 24.3 Å². The van der Waals surface area contributed by atoms with Gasteiger partial charge in [-0.1, -0.05) is 18.2 Å². The second-order valence-corrected chi connectivity index (χ2v) is 7.89. The molecular weight excluding hydrogens is 404 g/mol. The molecule has 3 aromatic rings. The second-order valence-electron chi connectivity index (χ2n) is 6.37. The van der Waals surface area contributed by atoms with Gasteiger partial charge in [-0.3, -0.25) is 0 Å². The Morgan fingerprint density at radius 3 is 1.62 bits per heavy atom. The molecule has 1 heterocycles. The third kappa shape index (κ3) is 2.39. The summed E-state index contributed by atoms with van der Waals surface area (Å²) in [5.41, 5.74) is -2.93. The third-order valence-electron chi connectivity index (χ3n) is 4.79. The number of rotatable bonds is 2. The highest BCUT2D eigenvalue weighted by Gasteiger charge is 2.54. The van der Waals surface area contributed by atoms with Crippen LogP contribution >= 0.6 is 0 Å². The minimum atomic E-state index is -4.40. The van der Waals surface area contributed by atoms with Gasteiger partial charge in [-0.2, -0.15) is 8.42 Å². The zero-order chi connectivity index (χ0) is 21.1. The predicted octanol–water partition coefficient (Wildman–Crippen LogP) is 1.93. The smallest absolute Gasteiger partial charge is 0.298 e. The van der Waals surface area contributed by atoms with E-state index in [2.05, 4.69) is 0 Å². The van der Waals surface area contributed by atoms with Gasteiger partial charge in [0.05, 0.1) is 0 Å². The van der Waals surface area contributed by atoms with Crippen LogP contribution in [0.4, 0.5) is 0 Å². The normalized spacial score (nSPS) is 16.4. The molecule has 0 aromatic heterocycles. The van der Waals surface area contributed by atoms with Gasteiger partial charge in [0, 0.05) is 16.7 Å². The average Bonchev–Trinajstić information content (AvgIpc) is 2.93. The second kappa shape index (κ2) is 5.93. The molecule has 4 rings (SSSR count). The molecule has 0 fully saturated rings. The first-order chi connectivity index (χ1) is 13.6. The number of benzene rings is 3. The molecule has 0 amide bonds. The van der Waals surface area contributed by atoms with Gasteiger partial charge < -0.3 is 30.6 Å². The van der Waals surface area contributed by atoms with Crippen LogP contribution in [0.15, 0.2) is 53.4 Å². The van der Waals surface area contributed by atoms with Crippen molar-refractivity contribution in [3.63, 3.8) is 0 Å². The van der Waals surface area contributed by atoms with Crippen LogP contribution < -0.4 is 0 Å². The van der Waals surface area contributed by atoms with Crippen LogP contribution in [0.2, 0.25) is 0 Å². The molecule has 0 unspecified atom stereocenters. The first-order valence-electron chi connectivity index (χ1n) is 8.15. The van der Waals surface area contributed by atoms with Crippen LogP contribution in [0.25, 0.3) is 0 Å². The summed E-state index contributed by atoms with van der Waals surface area (Å²) in [6, 6.07) is 9.76. The van der Waals surface area contributed by atoms with Gasteiger partial charge in [-0.25, -0.2) is 4.18 Å².